The van der Waals surface area contributed by atoms with E-state index in [-0.39, 0.29) is 5.60 Å². The first-order chi connectivity index (χ1) is 11.3. The van der Waals surface area contributed by atoms with Crippen molar-refractivity contribution in [1.29, 1.82) is 0 Å². The molecule has 136 valence electrons. The summed E-state index contributed by atoms with van der Waals surface area (Å²) < 4.78 is 33.5. The Bertz CT molecular complexity index is 666. The molecular formula is C15H26N4O3S2. The first-order valence-corrected chi connectivity index (χ1v) is 10.5. The zero-order chi connectivity index (χ0) is 17.4. The van der Waals surface area contributed by atoms with E-state index < -0.39 is 10.2 Å². The number of morpholine rings is 1. The molecular weight excluding hydrogens is 348 g/mol. The van der Waals surface area contributed by atoms with Gasteiger partial charge in [0.1, 0.15) is 0 Å². The first-order valence-electron chi connectivity index (χ1n) is 8.26. The average Bonchev–Trinajstić information content (AvgIpc) is 2.93. The number of hydrogen-bond acceptors (Lipinski definition) is 6. The Kier molecular flexibility index (Phi) is 5.29. The largest absolute Gasteiger partial charge is 0.372 e. The van der Waals surface area contributed by atoms with E-state index in [9.17, 15) is 8.42 Å². The number of rotatable bonds is 4. The smallest absolute Gasteiger partial charge is 0.281 e. The van der Waals surface area contributed by atoms with Crippen molar-refractivity contribution in [3.8, 4) is 0 Å². The summed E-state index contributed by atoms with van der Waals surface area (Å²) in [7, 11) is -0.170. The van der Waals surface area contributed by atoms with Gasteiger partial charge in [-0.15, -0.1) is 11.3 Å². The summed E-state index contributed by atoms with van der Waals surface area (Å²) in [6.07, 6.45) is 1.49. The molecule has 3 heterocycles. The maximum atomic E-state index is 12.3. The van der Waals surface area contributed by atoms with Gasteiger partial charge in [0.05, 0.1) is 22.9 Å². The van der Waals surface area contributed by atoms with Crippen molar-refractivity contribution in [3.63, 3.8) is 0 Å². The second-order valence-electron chi connectivity index (χ2n) is 6.79. The molecule has 0 aliphatic carbocycles. The average molecular weight is 375 g/mol. The van der Waals surface area contributed by atoms with Crippen molar-refractivity contribution in [1.82, 2.24) is 18.5 Å². The molecule has 0 bridgehead atoms. The third-order valence-electron chi connectivity index (χ3n) is 4.80. The van der Waals surface area contributed by atoms with E-state index in [1.165, 1.54) is 4.31 Å². The fraction of sp³-hybridized carbons (Fsp3) is 0.800. The van der Waals surface area contributed by atoms with E-state index in [0.29, 0.717) is 19.7 Å². The van der Waals surface area contributed by atoms with E-state index >= 15 is 0 Å². The van der Waals surface area contributed by atoms with Crippen LogP contribution in [0, 0.1) is 6.92 Å². The molecule has 0 saturated carbocycles. The summed E-state index contributed by atoms with van der Waals surface area (Å²) in [5, 5.41) is 3.21. The van der Waals surface area contributed by atoms with Crippen LogP contribution in [-0.4, -0.2) is 79.4 Å². The standard InChI is InChI=1S/C15H26N4O3S2/c1-13-16-14(11-23-13)10-18-8-9-22-15(12-18)4-6-19(7-5-15)24(20,21)17(2)3/h11H,4-10,12H2,1-3H3. The molecule has 1 aromatic rings. The number of hydrogen-bond donors (Lipinski definition) is 0. The van der Waals surface area contributed by atoms with Gasteiger partial charge in [-0.3, -0.25) is 4.90 Å². The Morgan fingerprint density at radius 3 is 2.62 bits per heavy atom. The number of ether oxygens (including phenoxy) is 1. The lowest BCUT2D eigenvalue weighted by Crippen LogP contribution is -2.58. The van der Waals surface area contributed by atoms with Gasteiger partial charge in [0, 0.05) is 52.2 Å². The Morgan fingerprint density at radius 1 is 1.33 bits per heavy atom. The Balaban J connectivity index is 1.61. The molecule has 2 saturated heterocycles. The van der Waals surface area contributed by atoms with Gasteiger partial charge in [-0.2, -0.15) is 17.0 Å². The molecule has 0 N–H and O–H groups in total. The molecule has 0 radical (unpaired) electrons. The van der Waals surface area contributed by atoms with Crippen LogP contribution in [-0.2, 0) is 21.5 Å². The third-order valence-corrected chi connectivity index (χ3v) is 7.56. The lowest BCUT2D eigenvalue weighted by atomic mass is 9.90. The van der Waals surface area contributed by atoms with Crippen molar-refractivity contribution < 1.29 is 13.2 Å². The van der Waals surface area contributed by atoms with Gasteiger partial charge in [-0.1, -0.05) is 0 Å². The fourth-order valence-electron chi connectivity index (χ4n) is 3.43. The number of aromatic nitrogens is 1. The molecule has 2 aliphatic heterocycles. The van der Waals surface area contributed by atoms with E-state index in [0.717, 1.165) is 43.2 Å². The number of aryl methyl sites for hydroxylation is 1. The molecule has 2 aliphatic rings. The minimum absolute atomic E-state index is 0.221. The van der Waals surface area contributed by atoms with Crippen LogP contribution >= 0.6 is 11.3 Å². The van der Waals surface area contributed by atoms with Crippen LogP contribution in [0.15, 0.2) is 5.38 Å². The maximum Gasteiger partial charge on any atom is 0.281 e. The van der Waals surface area contributed by atoms with Gasteiger partial charge in [0.25, 0.3) is 10.2 Å². The van der Waals surface area contributed by atoms with Crippen LogP contribution < -0.4 is 0 Å². The Morgan fingerprint density at radius 2 is 2.04 bits per heavy atom. The predicted molar refractivity (Wildman–Crippen MR) is 94.2 cm³/mol. The molecule has 0 amide bonds. The Hall–Kier alpha value is -0.580. The molecule has 7 nitrogen and oxygen atoms in total. The van der Waals surface area contributed by atoms with Crippen molar-refractivity contribution in [3.05, 3.63) is 16.1 Å². The number of piperidine rings is 1. The summed E-state index contributed by atoms with van der Waals surface area (Å²) in [6, 6.07) is 0. The van der Waals surface area contributed by atoms with Crippen LogP contribution in [0.1, 0.15) is 23.5 Å². The third kappa shape index (κ3) is 3.81. The van der Waals surface area contributed by atoms with E-state index in [4.69, 9.17) is 4.74 Å². The highest BCUT2D eigenvalue weighted by Crippen LogP contribution is 2.32. The van der Waals surface area contributed by atoms with Crippen LogP contribution in [0.25, 0.3) is 0 Å². The minimum Gasteiger partial charge on any atom is -0.372 e. The molecule has 0 unspecified atom stereocenters. The zero-order valence-electron chi connectivity index (χ0n) is 14.6. The Labute approximate surface area is 148 Å². The second-order valence-corrected chi connectivity index (χ2v) is 9.99. The SMILES string of the molecule is Cc1nc(CN2CCOC3(CCN(S(=O)(=O)N(C)C)CC3)C2)cs1. The van der Waals surface area contributed by atoms with Crippen LogP contribution in [0.3, 0.4) is 0 Å². The lowest BCUT2D eigenvalue weighted by molar-refractivity contribution is -0.132. The van der Waals surface area contributed by atoms with Gasteiger partial charge < -0.3 is 4.74 Å². The monoisotopic (exact) mass is 374 g/mol. The minimum atomic E-state index is -3.33. The highest BCUT2D eigenvalue weighted by Gasteiger charge is 2.42. The molecule has 2 fully saturated rings. The molecule has 3 rings (SSSR count). The van der Waals surface area contributed by atoms with Crippen LogP contribution in [0.5, 0.6) is 0 Å². The summed E-state index contributed by atoms with van der Waals surface area (Å²) >= 11 is 1.68. The highest BCUT2D eigenvalue weighted by atomic mass is 32.2. The predicted octanol–water partition coefficient (Wildman–Crippen LogP) is 0.925. The van der Waals surface area contributed by atoms with Crippen LogP contribution in [0.4, 0.5) is 0 Å². The normalized spacial score (nSPS) is 23.2. The molecule has 9 heteroatoms. The summed E-state index contributed by atoms with van der Waals surface area (Å²) in [5.41, 5.74) is 0.893. The summed E-state index contributed by atoms with van der Waals surface area (Å²) in [4.78, 5) is 6.93. The lowest BCUT2D eigenvalue weighted by Gasteiger charge is -2.47. The van der Waals surface area contributed by atoms with Crippen molar-refractivity contribution in [2.24, 2.45) is 0 Å². The highest BCUT2D eigenvalue weighted by molar-refractivity contribution is 7.86. The van der Waals surface area contributed by atoms with Crippen molar-refractivity contribution in [2.75, 3.05) is 46.9 Å². The zero-order valence-corrected chi connectivity index (χ0v) is 16.2. The van der Waals surface area contributed by atoms with Gasteiger partial charge in [-0.25, -0.2) is 4.98 Å². The van der Waals surface area contributed by atoms with Gasteiger partial charge in [-0.05, 0) is 19.8 Å². The molecule has 24 heavy (non-hydrogen) atoms. The van der Waals surface area contributed by atoms with Gasteiger partial charge in [0.15, 0.2) is 0 Å². The quantitative estimate of drug-likeness (QED) is 0.784. The number of thiazole rings is 1. The molecule has 1 spiro atoms. The first kappa shape index (κ1) is 18.2. The molecule has 1 aromatic heterocycles. The van der Waals surface area contributed by atoms with E-state index in [2.05, 4.69) is 15.3 Å². The summed E-state index contributed by atoms with van der Waals surface area (Å²) in [5.74, 6) is 0. The topological polar surface area (TPSA) is 66.0 Å². The molecule has 0 aromatic carbocycles. The molecule has 0 atom stereocenters. The van der Waals surface area contributed by atoms with Crippen molar-refractivity contribution >= 4 is 21.5 Å². The van der Waals surface area contributed by atoms with Gasteiger partial charge >= 0.3 is 0 Å². The second kappa shape index (κ2) is 6.97. The number of nitrogens with zero attached hydrogens (tertiary/aromatic N) is 4. The van der Waals surface area contributed by atoms with Crippen LogP contribution in [0.2, 0.25) is 0 Å². The summed E-state index contributed by atoms with van der Waals surface area (Å²) in [6.45, 7) is 6.35. The maximum absolute atomic E-state index is 12.3. The van der Waals surface area contributed by atoms with E-state index in [1.807, 2.05) is 6.92 Å². The van der Waals surface area contributed by atoms with Gasteiger partial charge in [0.2, 0.25) is 0 Å². The van der Waals surface area contributed by atoms with E-state index in [1.54, 1.807) is 29.7 Å². The van der Waals surface area contributed by atoms with Crippen molar-refractivity contribution in [2.45, 2.75) is 31.9 Å². The fourth-order valence-corrected chi connectivity index (χ4v) is 5.14.